The van der Waals surface area contributed by atoms with Gasteiger partial charge in [0.1, 0.15) is 0 Å². The highest BCUT2D eigenvalue weighted by molar-refractivity contribution is 5.46. The summed E-state index contributed by atoms with van der Waals surface area (Å²) in [4.78, 5) is 0. The van der Waals surface area contributed by atoms with Crippen LogP contribution in [0.15, 0.2) is 42.5 Å². The van der Waals surface area contributed by atoms with Crippen molar-refractivity contribution in [3.63, 3.8) is 0 Å². The van der Waals surface area contributed by atoms with Gasteiger partial charge in [-0.3, -0.25) is 0 Å². The van der Waals surface area contributed by atoms with Crippen LogP contribution in [0.2, 0.25) is 0 Å². The van der Waals surface area contributed by atoms with Crippen molar-refractivity contribution >= 4 is 0 Å². The molecule has 0 aliphatic rings. The van der Waals surface area contributed by atoms with E-state index < -0.39 is 0 Å². The second-order valence-corrected chi connectivity index (χ2v) is 17.9. The van der Waals surface area contributed by atoms with Crippen molar-refractivity contribution in [1.29, 1.82) is 0 Å². The van der Waals surface area contributed by atoms with Gasteiger partial charge in [0.15, 0.2) is 0 Å². The van der Waals surface area contributed by atoms with Crippen molar-refractivity contribution in [3.05, 3.63) is 104 Å². The van der Waals surface area contributed by atoms with Crippen LogP contribution in [-0.4, -0.2) is 0 Å². The van der Waals surface area contributed by atoms with E-state index in [1.807, 2.05) is 0 Å². The summed E-state index contributed by atoms with van der Waals surface area (Å²) in [6.45, 7) is 45.9. The molecule has 0 aliphatic heterocycles. The molecule has 0 aliphatic carbocycles. The van der Waals surface area contributed by atoms with Gasteiger partial charge in [0.05, 0.1) is 0 Å². The van der Waals surface area contributed by atoms with Gasteiger partial charge in [-0.25, -0.2) is 0 Å². The molecule has 3 aromatic carbocycles. The van der Waals surface area contributed by atoms with Crippen LogP contribution in [0.1, 0.15) is 227 Å². The lowest BCUT2D eigenvalue weighted by Gasteiger charge is -2.24. The molecule has 0 nitrogen and oxygen atoms in total. The Kier molecular flexibility index (Phi) is 18.7. The Morgan fingerprint density at radius 1 is 0.367 bits per heavy atom. The van der Waals surface area contributed by atoms with Crippen LogP contribution >= 0.6 is 0 Å². The molecular formula is C49H80. The van der Waals surface area contributed by atoms with E-state index in [4.69, 9.17) is 0 Å². The van der Waals surface area contributed by atoms with Crippen LogP contribution in [0.4, 0.5) is 0 Å². The van der Waals surface area contributed by atoms with E-state index in [-0.39, 0.29) is 0 Å². The largest absolute Gasteiger partial charge is 0.0625 e. The fourth-order valence-electron chi connectivity index (χ4n) is 7.29. The van der Waals surface area contributed by atoms with Crippen LogP contribution in [-0.2, 0) is 12.8 Å². The first-order chi connectivity index (χ1) is 22.6. The number of benzene rings is 3. The maximum atomic E-state index is 2.36. The normalized spacial score (nSPS) is 11.9. The third-order valence-corrected chi connectivity index (χ3v) is 9.81. The van der Waals surface area contributed by atoms with E-state index in [1.54, 1.807) is 27.8 Å². The summed E-state index contributed by atoms with van der Waals surface area (Å²) in [6, 6.07) is 16.4. The molecule has 0 unspecified atom stereocenters. The lowest BCUT2D eigenvalue weighted by Crippen LogP contribution is -2.09. The zero-order valence-corrected chi connectivity index (χ0v) is 36.2. The third kappa shape index (κ3) is 13.7. The summed E-state index contributed by atoms with van der Waals surface area (Å²) in [5.41, 5.74) is 16.8. The van der Waals surface area contributed by atoms with Crippen LogP contribution in [0.5, 0.6) is 0 Å². The van der Waals surface area contributed by atoms with Crippen LogP contribution in [0.3, 0.4) is 0 Å². The Hall–Kier alpha value is -2.34. The molecule has 276 valence electrons. The van der Waals surface area contributed by atoms with Gasteiger partial charge < -0.3 is 0 Å². The first-order valence-corrected chi connectivity index (χ1v) is 20.0. The molecule has 0 saturated carbocycles. The molecule has 0 radical (unpaired) electrons. The van der Waals surface area contributed by atoms with Crippen LogP contribution < -0.4 is 0 Å². The molecule has 0 spiro atoms. The predicted molar refractivity (Wildman–Crippen MR) is 225 cm³/mol. The van der Waals surface area contributed by atoms with E-state index >= 15 is 0 Å². The quantitative estimate of drug-likeness (QED) is 0.191. The number of hydrogen-bond donors (Lipinski definition) is 0. The minimum absolute atomic E-state index is 0.620. The van der Waals surface area contributed by atoms with Gasteiger partial charge >= 0.3 is 0 Å². The SMILES string of the molecule is CC(C)c1cc(C(C)C)cc(C(C)C)c1.Cc1ccc(C(C)C)c(C(C)C)c1C(C)C.Cc1ccc(CC(C)C)c(CC(C)C)c1C(C)C. The fourth-order valence-corrected chi connectivity index (χ4v) is 7.29. The van der Waals surface area contributed by atoms with Crippen molar-refractivity contribution in [2.24, 2.45) is 11.8 Å². The summed E-state index contributed by atoms with van der Waals surface area (Å²) in [5, 5.41) is 0. The average Bonchev–Trinajstić information content (AvgIpc) is 2.97. The molecule has 0 N–H and O–H groups in total. The maximum Gasteiger partial charge on any atom is -0.0213 e. The standard InChI is InChI=1S/C18H30.C16H26.C15H24/c1-12(2)10-16-9-8-15(7)18(14(5)6)17(16)11-13(3)4;1-10(2)14-9-8-13(7)15(11(3)4)16(14)12(5)6;1-10(2)13-7-14(11(3)4)9-15(8-13)12(5)6/h8-9,12-14H,10-11H2,1-7H3;8-12H,1-7H3;7-12H,1-6H3. The van der Waals surface area contributed by atoms with Gasteiger partial charge in [0, 0.05) is 0 Å². The molecule has 49 heavy (non-hydrogen) atoms. The Morgan fingerprint density at radius 3 is 1.06 bits per heavy atom. The second-order valence-electron chi connectivity index (χ2n) is 17.9. The van der Waals surface area contributed by atoms with E-state index in [0.717, 1.165) is 11.8 Å². The summed E-state index contributed by atoms with van der Waals surface area (Å²) in [5.74, 6) is 5.84. The van der Waals surface area contributed by atoms with Gasteiger partial charge in [-0.2, -0.15) is 0 Å². The smallest absolute Gasteiger partial charge is 0.0213 e. The van der Waals surface area contributed by atoms with E-state index in [1.165, 1.54) is 46.2 Å². The molecule has 0 fully saturated rings. The summed E-state index contributed by atoms with van der Waals surface area (Å²) in [7, 11) is 0. The molecular weight excluding hydrogens is 589 g/mol. The zero-order chi connectivity index (χ0) is 37.9. The molecule has 0 heteroatoms. The highest BCUT2D eigenvalue weighted by Gasteiger charge is 2.18. The highest BCUT2D eigenvalue weighted by Crippen LogP contribution is 2.35. The third-order valence-electron chi connectivity index (χ3n) is 9.81. The Labute approximate surface area is 307 Å². The molecule has 0 atom stereocenters. The first kappa shape index (κ1) is 44.7. The molecule has 0 bridgehead atoms. The zero-order valence-electron chi connectivity index (χ0n) is 36.2. The van der Waals surface area contributed by atoms with Crippen molar-refractivity contribution < 1.29 is 0 Å². The van der Waals surface area contributed by atoms with Crippen LogP contribution in [0.25, 0.3) is 0 Å². The average molecular weight is 669 g/mol. The molecule has 0 saturated heterocycles. The number of aryl methyl sites for hydroxylation is 2. The van der Waals surface area contributed by atoms with E-state index in [2.05, 4.69) is 181 Å². The summed E-state index contributed by atoms with van der Waals surface area (Å²) in [6.07, 6.45) is 2.43. The monoisotopic (exact) mass is 669 g/mol. The van der Waals surface area contributed by atoms with Gasteiger partial charge in [-0.15, -0.1) is 0 Å². The Bertz CT molecular complexity index is 1340. The minimum atomic E-state index is 0.620. The van der Waals surface area contributed by atoms with Crippen molar-refractivity contribution in [2.45, 2.75) is 193 Å². The predicted octanol–water partition coefficient (Wildman–Crippen LogP) is 15.9. The highest BCUT2D eigenvalue weighted by atomic mass is 14.2. The number of hydrogen-bond acceptors (Lipinski definition) is 0. The molecule has 0 aromatic heterocycles. The Balaban J connectivity index is 0.000000369. The lowest BCUT2D eigenvalue weighted by atomic mass is 9.81. The maximum absolute atomic E-state index is 2.36. The van der Waals surface area contributed by atoms with Crippen molar-refractivity contribution in [2.75, 3.05) is 0 Å². The minimum Gasteiger partial charge on any atom is -0.0625 e. The summed E-state index contributed by atoms with van der Waals surface area (Å²) < 4.78 is 0. The lowest BCUT2D eigenvalue weighted by molar-refractivity contribution is 0.608. The van der Waals surface area contributed by atoms with E-state index in [9.17, 15) is 0 Å². The number of rotatable bonds is 11. The topological polar surface area (TPSA) is 0 Å². The molecule has 0 amide bonds. The molecule has 3 rings (SSSR count). The summed E-state index contributed by atoms with van der Waals surface area (Å²) >= 11 is 0. The van der Waals surface area contributed by atoms with Gasteiger partial charge in [-0.05, 0) is 141 Å². The first-order valence-electron chi connectivity index (χ1n) is 20.0. The van der Waals surface area contributed by atoms with Gasteiger partial charge in [0.25, 0.3) is 0 Å². The molecule has 0 heterocycles. The Morgan fingerprint density at radius 2 is 0.735 bits per heavy atom. The van der Waals surface area contributed by atoms with Gasteiger partial charge in [0.2, 0.25) is 0 Å². The van der Waals surface area contributed by atoms with Crippen molar-refractivity contribution in [1.82, 2.24) is 0 Å². The van der Waals surface area contributed by atoms with Crippen molar-refractivity contribution in [3.8, 4) is 0 Å². The van der Waals surface area contributed by atoms with Gasteiger partial charge in [-0.1, -0.05) is 167 Å². The van der Waals surface area contributed by atoms with E-state index in [0.29, 0.717) is 41.4 Å². The molecule has 3 aromatic rings. The van der Waals surface area contributed by atoms with Crippen LogP contribution in [0, 0.1) is 25.7 Å². The second kappa shape index (κ2) is 20.5. The fraction of sp³-hybridized carbons (Fsp3) is 0.633.